The third kappa shape index (κ3) is 8.19. The summed E-state index contributed by atoms with van der Waals surface area (Å²) >= 11 is 0. The lowest BCUT2D eigenvalue weighted by molar-refractivity contribution is -0.159. The standard InChI is InChI=1S/C17H20FNO2.C2H2O4/c1-20-16-7-6-14(17(11-16)21-2)12-19-9-8-13-4-3-5-15(18)10-13;3-1(4)2(5)6/h3-7,10-11,19H,8-9,12H2,1-2H3;(H,3,4)(H,5,6). The van der Waals surface area contributed by atoms with E-state index in [-0.39, 0.29) is 5.82 Å². The Morgan fingerprint density at radius 1 is 1.04 bits per heavy atom. The van der Waals surface area contributed by atoms with Crippen LogP contribution >= 0.6 is 0 Å². The van der Waals surface area contributed by atoms with Crippen LogP contribution in [-0.2, 0) is 22.6 Å². The predicted octanol–water partition coefficient (Wildman–Crippen LogP) is 2.33. The molecule has 146 valence electrons. The molecule has 0 unspecified atom stereocenters. The fourth-order valence-electron chi connectivity index (χ4n) is 2.15. The van der Waals surface area contributed by atoms with Gasteiger partial charge in [0.2, 0.25) is 0 Å². The lowest BCUT2D eigenvalue weighted by Crippen LogP contribution is -2.17. The minimum Gasteiger partial charge on any atom is -0.497 e. The van der Waals surface area contributed by atoms with Crippen LogP contribution in [0.25, 0.3) is 0 Å². The molecule has 0 heterocycles. The van der Waals surface area contributed by atoms with E-state index in [2.05, 4.69) is 5.32 Å². The van der Waals surface area contributed by atoms with Crippen LogP contribution in [0.1, 0.15) is 11.1 Å². The number of nitrogens with one attached hydrogen (secondary N) is 1. The van der Waals surface area contributed by atoms with E-state index in [1.165, 1.54) is 6.07 Å². The van der Waals surface area contributed by atoms with Gasteiger partial charge < -0.3 is 25.0 Å². The topological polar surface area (TPSA) is 105 Å². The van der Waals surface area contributed by atoms with Crippen LogP contribution in [0.3, 0.4) is 0 Å². The monoisotopic (exact) mass is 379 g/mol. The first kappa shape index (κ1) is 21.9. The van der Waals surface area contributed by atoms with Crippen molar-refractivity contribution in [2.75, 3.05) is 20.8 Å². The number of ether oxygens (including phenoxy) is 2. The van der Waals surface area contributed by atoms with Gasteiger partial charge in [0.05, 0.1) is 14.2 Å². The minimum absolute atomic E-state index is 0.190. The maximum Gasteiger partial charge on any atom is 0.414 e. The largest absolute Gasteiger partial charge is 0.497 e. The van der Waals surface area contributed by atoms with Crippen molar-refractivity contribution in [3.8, 4) is 11.5 Å². The van der Waals surface area contributed by atoms with Gasteiger partial charge in [0.1, 0.15) is 17.3 Å². The van der Waals surface area contributed by atoms with Gasteiger partial charge in [-0.2, -0.15) is 0 Å². The number of aliphatic carboxylic acids is 2. The van der Waals surface area contributed by atoms with Crippen molar-refractivity contribution in [1.29, 1.82) is 0 Å². The zero-order valence-electron chi connectivity index (χ0n) is 15.1. The Bertz CT molecular complexity index is 754. The molecule has 2 aromatic rings. The normalized spacial score (nSPS) is 9.74. The lowest BCUT2D eigenvalue weighted by Gasteiger charge is -2.11. The third-order valence-electron chi connectivity index (χ3n) is 3.47. The molecule has 0 aliphatic carbocycles. The van der Waals surface area contributed by atoms with Gasteiger partial charge in [-0.15, -0.1) is 0 Å². The van der Waals surface area contributed by atoms with Gasteiger partial charge in [0.15, 0.2) is 0 Å². The van der Waals surface area contributed by atoms with Crippen LogP contribution in [0.5, 0.6) is 11.5 Å². The van der Waals surface area contributed by atoms with Crippen molar-refractivity contribution in [3.63, 3.8) is 0 Å². The van der Waals surface area contributed by atoms with E-state index in [1.807, 2.05) is 24.3 Å². The fraction of sp³-hybridized carbons (Fsp3) is 0.263. The Morgan fingerprint density at radius 3 is 2.30 bits per heavy atom. The van der Waals surface area contributed by atoms with Crippen molar-refractivity contribution in [3.05, 3.63) is 59.4 Å². The van der Waals surface area contributed by atoms with E-state index >= 15 is 0 Å². The first-order chi connectivity index (χ1) is 12.9. The summed E-state index contributed by atoms with van der Waals surface area (Å²) in [5.74, 6) is -2.27. The van der Waals surface area contributed by atoms with E-state index in [1.54, 1.807) is 26.4 Å². The summed E-state index contributed by atoms with van der Waals surface area (Å²) < 4.78 is 23.6. The first-order valence-corrected chi connectivity index (χ1v) is 7.99. The maximum atomic E-state index is 13.1. The Morgan fingerprint density at radius 2 is 1.74 bits per heavy atom. The number of hydrogen-bond donors (Lipinski definition) is 3. The highest BCUT2D eigenvalue weighted by Gasteiger charge is 2.05. The van der Waals surface area contributed by atoms with Crippen LogP contribution in [0.4, 0.5) is 4.39 Å². The van der Waals surface area contributed by atoms with Crippen LogP contribution < -0.4 is 14.8 Å². The van der Waals surface area contributed by atoms with Crippen molar-refractivity contribution >= 4 is 11.9 Å². The van der Waals surface area contributed by atoms with Gasteiger partial charge in [-0.3, -0.25) is 0 Å². The molecule has 0 aliphatic rings. The van der Waals surface area contributed by atoms with Gasteiger partial charge >= 0.3 is 11.9 Å². The highest BCUT2D eigenvalue weighted by atomic mass is 19.1. The third-order valence-corrected chi connectivity index (χ3v) is 3.47. The first-order valence-electron chi connectivity index (χ1n) is 7.99. The van der Waals surface area contributed by atoms with Gasteiger partial charge in [0, 0.05) is 18.2 Å². The van der Waals surface area contributed by atoms with Crippen molar-refractivity contribution in [1.82, 2.24) is 5.32 Å². The molecule has 0 amide bonds. The molecule has 0 aromatic heterocycles. The van der Waals surface area contributed by atoms with Crippen LogP contribution in [-0.4, -0.2) is 42.9 Å². The zero-order valence-corrected chi connectivity index (χ0v) is 15.1. The fourth-order valence-corrected chi connectivity index (χ4v) is 2.15. The van der Waals surface area contributed by atoms with Crippen LogP contribution in [0.15, 0.2) is 42.5 Å². The van der Waals surface area contributed by atoms with Gasteiger partial charge in [-0.1, -0.05) is 18.2 Å². The average Bonchev–Trinajstić information content (AvgIpc) is 2.65. The van der Waals surface area contributed by atoms with E-state index in [0.29, 0.717) is 6.54 Å². The minimum atomic E-state index is -1.82. The molecule has 8 heteroatoms. The highest BCUT2D eigenvalue weighted by molar-refractivity contribution is 6.27. The van der Waals surface area contributed by atoms with E-state index in [0.717, 1.165) is 35.6 Å². The zero-order chi connectivity index (χ0) is 20.2. The van der Waals surface area contributed by atoms with Crippen molar-refractivity contribution < 1.29 is 33.7 Å². The summed E-state index contributed by atoms with van der Waals surface area (Å²) in [6.45, 7) is 1.47. The molecular formula is C19H22FNO6. The number of rotatable bonds is 7. The molecule has 0 bridgehead atoms. The lowest BCUT2D eigenvalue weighted by atomic mass is 10.1. The van der Waals surface area contributed by atoms with Gasteiger partial charge in [-0.25, -0.2) is 14.0 Å². The predicted molar refractivity (Wildman–Crippen MR) is 96.6 cm³/mol. The SMILES string of the molecule is COc1ccc(CNCCc2cccc(F)c2)c(OC)c1.O=C(O)C(=O)O. The summed E-state index contributed by atoms with van der Waals surface area (Å²) in [7, 11) is 3.27. The molecule has 2 rings (SSSR count). The van der Waals surface area contributed by atoms with E-state index in [4.69, 9.17) is 29.3 Å². The molecule has 0 radical (unpaired) electrons. The molecule has 3 N–H and O–H groups in total. The second-order valence-corrected chi connectivity index (χ2v) is 5.34. The maximum absolute atomic E-state index is 13.1. The second-order valence-electron chi connectivity index (χ2n) is 5.34. The summed E-state index contributed by atoms with van der Waals surface area (Å²) in [5.41, 5.74) is 2.06. The Balaban J connectivity index is 0.000000527. The van der Waals surface area contributed by atoms with Crippen molar-refractivity contribution in [2.24, 2.45) is 0 Å². The molecule has 0 atom stereocenters. The summed E-state index contributed by atoms with van der Waals surface area (Å²) in [5, 5.41) is 18.1. The van der Waals surface area contributed by atoms with Gasteiger partial charge in [0.25, 0.3) is 0 Å². The molecule has 27 heavy (non-hydrogen) atoms. The smallest absolute Gasteiger partial charge is 0.414 e. The molecule has 0 saturated carbocycles. The summed E-state index contributed by atoms with van der Waals surface area (Å²) in [6, 6.07) is 12.4. The number of hydrogen-bond acceptors (Lipinski definition) is 5. The van der Waals surface area contributed by atoms with E-state index < -0.39 is 11.9 Å². The Labute approximate surface area is 156 Å². The Kier molecular flexibility index (Phi) is 9.32. The molecule has 0 aliphatic heterocycles. The summed E-state index contributed by atoms with van der Waals surface area (Å²) in [6.07, 6.45) is 0.788. The molecule has 7 nitrogen and oxygen atoms in total. The molecule has 0 saturated heterocycles. The molecule has 0 fully saturated rings. The molecule has 0 spiro atoms. The molecular weight excluding hydrogens is 357 g/mol. The van der Waals surface area contributed by atoms with Gasteiger partial charge in [-0.05, 0) is 36.7 Å². The summed E-state index contributed by atoms with van der Waals surface area (Å²) in [4.78, 5) is 18.2. The number of carboxylic acid groups (broad SMARTS) is 2. The quantitative estimate of drug-likeness (QED) is 0.501. The highest BCUT2D eigenvalue weighted by Crippen LogP contribution is 2.24. The van der Waals surface area contributed by atoms with Crippen LogP contribution in [0, 0.1) is 5.82 Å². The molecule has 2 aromatic carbocycles. The Hall–Kier alpha value is -3.13. The number of halogens is 1. The van der Waals surface area contributed by atoms with E-state index in [9.17, 15) is 4.39 Å². The number of methoxy groups -OCH3 is 2. The van der Waals surface area contributed by atoms with Crippen LogP contribution in [0.2, 0.25) is 0 Å². The van der Waals surface area contributed by atoms with Crippen molar-refractivity contribution in [2.45, 2.75) is 13.0 Å². The number of benzene rings is 2. The average molecular weight is 379 g/mol. The second kappa shape index (κ2) is 11.5. The number of carboxylic acids is 2. The number of carbonyl (C=O) groups is 2.